The number of benzene rings is 1. The van der Waals surface area contributed by atoms with Crippen molar-refractivity contribution in [3.63, 3.8) is 0 Å². The Kier molecular flexibility index (Phi) is 3.00. The van der Waals surface area contributed by atoms with E-state index in [0.29, 0.717) is 11.6 Å². The summed E-state index contributed by atoms with van der Waals surface area (Å²) in [4.78, 5) is 3.94. The molecule has 2 rings (SSSR count). The summed E-state index contributed by atoms with van der Waals surface area (Å²) in [5.74, 6) is 0.446. The molecule has 0 saturated heterocycles. The van der Waals surface area contributed by atoms with Gasteiger partial charge in [-0.3, -0.25) is 0 Å². The Morgan fingerprint density at radius 2 is 2.06 bits per heavy atom. The van der Waals surface area contributed by atoms with Crippen molar-refractivity contribution < 1.29 is 13.9 Å². The third-order valence-electron chi connectivity index (χ3n) is 1.99. The lowest BCUT2D eigenvalue weighted by molar-refractivity contribution is 0.399. The van der Waals surface area contributed by atoms with Gasteiger partial charge in [-0.1, -0.05) is 6.07 Å². The van der Waals surface area contributed by atoms with Crippen LogP contribution in [0.15, 0.2) is 42.6 Å². The summed E-state index contributed by atoms with van der Waals surface area (Å²) in [5, 5.41) is 0. The molecule has 1 aromatic heterocycles. The number of nitrogens with zero attached hydrogens (tertiary/aromatic N) is 1. The number of methoxy groups -OCH3 is 1. The second kappa shape index (κ2) is 4.61. The van der Waals surface area contributed by atoms with E-state index in [0.717, 1.165) is 0 Å². The van der Waals surface area contributed by atoms with Gasteiger partial charge in [0.25, 0.3) is 0 Å². The molecule has 0 aliphatic carbocycles. The number of ether oxygens (including phenoxy) is 2. The molecule has 2 aromatic rings. The number of hydrogen-bond acceptors (Lipinski definition) is 3. The maximum atomic E-state index is 13.5. The maximum absolute atomic E-state index is 13.5. The van der Waals surface area contributed by atoms with Crippen LogP contribution in [-0.4, -0.2) is 12.1 Å². The van der Waals surface area contributed by atoms with Gasteiger partial charge in [0, 0.05) is 18.3 Å². The molecule has 0 saturated carbocycles. The molecular formula is C12H10FNO2. The number of hydrogen-bond donors (Lipinski definition) is 0. The summed E-state index contributed by atoms with van der Waals surface area (Å²) in [5.41, 5.74) is 0. The van der Waals surface area contributed by atoms with Crippen molar-refractivity contribution in [3.05, 3.63) is 48.4 Å². The minimum Gasteiger partial charge on any atom is -0.497 e. The summed E-state index contributed by atoms with van der Waals surface area (Å²) in [6, 6.07) is 9.58. The van der Waals surface area contributed by atoms with E-state index in [4.69, 9.17) is 9.47 Å². The average molecular weight is 219 g/mol. The molecule has 0 fully saturated rings. The third-order valence-corrected chi connectivity index (χ3v) is 1.99. The van der Waals surface area contributed by atoms with Gasteiger partial charge < -0.3 is 9.47 Å². The van der Waals surface area contributed by atoms with E-state index in [1.807, 2.05) is 0 Å². The topological polar surface area (TPSA) is 31.4 Å². The molecular weight excluding hydrogens is 209 g/mol. The van der Waals surface area contributed by atoms with Crippen molar-refractivity contribution >= 4 is 0 Å². The average Bonchev–Trinajstić information content (AvgIpc) is 2.33. The Balaban J connectivity index is 2.22. The number of halogens is 1. The summed E-state index contributed by atoms with van der Waals surface area (Å²) in [7, 11) is 1.48. The summed E-state index contributed by atoms with van der Waals surface area (Å²) in [6.07, 6.45) is 1.58. The highest BCUT2D eigenvalue weighted by Gasteiger charge is 2.06. The first-order valence-electron chi connectivity index (χ1n) is 4.72. The Hall–Kier alpha value is -2.10. The summed E-state index contributed by atoms with van der Waals surface area (Å²) >= 11 is 0. The molecule has 0 amide bonds. The summed E-state index contributed by atoms with van der Waals surface area (Å²) < 4.78 is 23.6. The minimum absolute atomic E-state index is 0.125. The molecule has 0 aliphatic rings. The highest BCUT2D eigenvalue weighted by molar-refractivity contribution is 5.35. The number of pyridine rings is 1. The molecule has 0 aliphatic heterocycles. The van der Waals surface area contributed by atoms with E-state index in [2.05, 4.69) is 4.98 Å². The molecule has 1 heterocycles. The van der Waals surface area contributed by atoms with Gasteiger partial charge in [-0.2, -0.15) is 0 Å². The molecule has 0 unspecified atom stereocenters. The molecule has 0 bridgehead atoms. The van der Waals surface area contributed by atoms with Gasteiger partial charge >= 0.3 is 0 Å². The van der Waals surface area contributed by atoms with Crippen LogP contribution in [0.3, 0.4) is 0 Å². The fraction of sp³-hybridized carbons (Fsp3) is 0.0833. The second-order valence-corrected chi connectivity index (χ2v) is 3.07. The highest BCUT2D eigenvalue weighted by atomic mass is 19.1. The van der Waals surface area contributed by atoms with Crippen molar-refractivity contribution in [1.29, 1.82) is 0 Å². The van der Waals surface area contributed by atoms with E-state index in [1.165, 1.54) is 19.2 Å². The van der Waals surface area contributed by atoms with Crippen LogP contribution in [-0.2, 0) is 0 Å². The predicted molar refractivity (Wildman–Crippen MR) is 57.3 cm³/mol. The lowest BCUT2D eigenvalue weighted by Gasteiger charge is -2.06. The third kappa shape index (κ3) is 2.28. The molecule has 3 nitrogen and oxygen atoms in total. The molecule has 4 heteroatoms. The van der Waals surface area contributed by atoms with Crippen molar-refractivity contribution in [3.8, 4) is 17.4 Å². The minimum atomic E-state index is -0.481. The van der Waals surface area contributed by atoms with Crippen molar-refractivity contribution in [2.45, 2.75) is 0 Å². The Morgan fingerprint density at radius 3 is 2.69 bits per heavy atom. The van der Waals surface area contributed by atoms with Gasteiger partial charge in [0.15, 0.2) is 11.6 Å². The van der Waals surface area contributed by atoms with Gasteiger partial charge in [0.1, 0.15) is 5.75 Å². The van der Waals surface area contributed by atoms with Crippen LogP contribution in [0.25, 0.3) is 0 Å². The Bertz CT molecular complexity index is 474. The molecule has 16 heavy (non-hydrogen) atoms. The first-order valence-corrected chi connectivity index (χ1v) is 4.72. The monoisotopic (exact) mass is 219 g/mol. The van der Waals surface area contributed by atoms with Crippen LogP contribution in [0.2, 0.25) is 0 Å². The second-order valence-electron chi connectivity index (χ2n) is 3.07. The fourth-order valence-electron chi connectivity index (χ4n) is 1.21. The first-order chi connectivity index (χ1) is 7.79. The van der Waals surface area contributed by atoms with Gasteiger partial charge in [0.05, 0.1) is 7.11 Å². The zero-order chi connectivity index (χ0) is 11.4. The fourth-order valence-corrected chi connectivity index (χ4v) is 1.21. The smallest absolute Gasteiger partial charge is 0.219 e. The van der Waals surface area contributed by atoms with Crippen LogP contribution >= 0.6 is 0 Å². The van der Waals surface area contributed by atoms with Crippen LogP contribution in [0, 0.1) is 5.82 Å². The zero-order valence-corrected chi connectivity index (χ0v) is 8.68. The van der Waals surface area contributed by atoms with Gasteiger partial charge in [-0.05, 0) is 18.2 Å². The Morgan fingerprint density at radius 1 is 1.19 bits per heavy atom. The van der Waals surface area contributed by atoms with Crippen molar-refractivity contribution in [1.82, 2.24) is 4.98 Å². The number of aromatic nitrogens is 1. The SMILES string of the molecule is COc1ccc(Oc2ccccn2)c(F)c1. The van der Waals surface area contributed by atoms with Gasteiger partial charge in [0.2, 0.25) is 5.88 Å². The quantitative estimate of drug-likeness (QED) is 0.795. The van der Waals surface area contributed by atoms with E-state index in [1.54, 1.807) is 30.5 Å². The molecule has 82 valence electrons. The molecule has 0 N–H and O–H groups in total. The van der Waals surface area contributed by atoms with E-state index in [-0.39, 0.29) is 5.75 Å². The van der Waals surface area contributed by atoms with E-state index in [9.17, 15) is 4.39 Å². The maximum Gasteiger partial charge on any atom is 0.219 e. The van der Waals surface area contributed by atoms with E-state index < -0.39 is 5.82 Å². The molecule has 1 aromatic carbocycles. The van der Waals surface area contributed by atoms with Gasteiger partial charge in [-0.15, -0.1) is 0 Å². The number of rotatable bonds is 3. The van der Waals surface area contributed by atoms with E-state index >= 15 is 0 Å². The molecule has 0 radical (unpaired) electrons. The van der Waals surface area contributed by atoms with Gasteiger partial charge in [-0.25, -0.2) is 9.37 Å². The molecule has 0 spiro atoms. The Labute approximate surface area is 92.5 Å². The van der Waals surface area contributed by atoms with Crippen molar-refractivity contribution in [2.75, 3.05) is 7.11 Å². The zero-order valence-electron chi connectivity index (χ0n) is 8.68. The van der Waals surface area contributed by atoms with Crippen LogP contribution in [0.1, 0.15) is 0 Å². The highest BCUT2D eigenvalue weighted by Crippen LogP contribution is 2.25. The van der Waals surface area contributed by atoms with Crippen molar-refractivity contribution in [2.24, 2.45) is 0 Å². The standard InChI is InChI=1S/C12H10FNO2/c1-15-9-5-6-11(10(13)8-9)16-12-4-2-3-7-14-12/h2-8H,1H3. The normalized spacial score (nSPS) is 9.88. The lowest BCUT2D eigenvalue weighted by Crippen LogP contribution is -1.91. The van der Waals surface area contributed by atoms with Crippen LogP contribution < -0.4 is 9.47 Å². The lowest BCUT2D eigenvalue weighted by atomic mass is 10.3. The first kappa shape index (κ1) is 10.4. The predicted octanol–water partition coefficient (Wildman–Crippen LogP) is 3.02. The van der Waals surface area contributed by atoms with Crippen LogP contribution in [0.4, 0.5) is 4.39 Å². The molecule has 0 atom stereocenters. The van der Waals surface area contributed by atoms with Crippen LogP contribution in [0.5, 0.6) is 17.4 Å². The summed E-state index contributed by atoms with van der Waals surface area (Å²) in [6.45, 7) is 0. The largest absolute Gasteiger partial charge is 0.497 e.